The van der Waals surface area contributed by atoms with E-state index in [0.29, 0.717) is 24.5 Å². The molecule has 0 spiro atoms. The summed E-state index contributed by atoms with van der Waals surface area (Å²) in [6, 6.07) is 19.2. The van der Waals surface area contributed by atoms with Gasteiger partial charge in [-0.1, -0.05) is 37.3 Å². The molecule has 1 aromatic heterocycles. The zero-order valence-electron chi connectivity index (χ0n) is 19.0. The van der Waals surface area contributed by atoms with Crippen molar-refractivity contribution in [1.82, 2.24) is 15.1 Å². The van der Waals surface area contributed by atoms with Crippen molar-refractivity contribution >= 4 is 28.9 Å². The van der Waals surface area contributed by atoms with Crippen molar-refractivity contribution in [2.75, 3.05) is 13.7 Å². The first-order chi connectivity index (χ1) is 16.6. The van der Waals surface area contributed by atoms with Gasteiger partial charge in [-0.3, -0.25) is 9.89 Å². The Labute approximate surface area is 202 Å². The van der Waals surface area contributed by atoms with Crippen LogP contribution in [0.4, 0.5) is 0 Å². The highest BCUT2D eigenvalue weighted by Gasteiger charge is 2.17. The van der Waals surface area contributed by atoms with E-state index < -0.39 is 0 Å². The fourth-order valence-electron chi connectivity index (χ4n) is 3.71. The lowest BCUT2D eigenvalue weighted by atomic mass is 10.0. The maximum atomic E-state index is 13.3. The largest absolute Gasteiger partial charge is 0.493 e. The molecule has 0 unspecified atom stereocenters. The van der Waals surface area contributed by atoms with E-state index >= 15 is 0 Å². The van der Waals surface area contributed by atoms with Crippen LogP contribution >= 0.6 is 12.0 Å². The molecule has 0 saturated heterocycles. The summed E-state index contributed by atoms with van der Waals surface area (Å²) in [7, 11) is 1.79. The smallest absolute Gasteiger partial charge is 0.254 e. The van der Waals surface area contributed by atoms with Gasteiger partial charge in [0.15, 0.2) is 0 Å². The minimum Gasteiger partial charge on any atom is -0.493 e. The van der Waals surface area contributed by atoms with Crippen LogP contribution in [0.3, 0.4) is 0 Å². The number of amides is 1. The van der Waals surface area contributed by atoms with Crippen molar-refractivity contribution in [2.24, 2.45) is 5.90 Å². The lowest BCUT2D eigenvalue weighted by Crippen LogP contribution is -2.26. The lowest BCUT2D eigenvalue weighted by molar-refractivity contribution is -0.195. The maximum Gasteiger partial charge on any atom is 0.254 e. The van der Waals surface area contributed by atoms with Gasteiger partial charge in [0.2, 0.25) is 0 Å². The Bertz CT molecular complexity index is 1280. The number of nitrogens with zero attached hydrogens (tertiary/aromatic N) is 2. The third kappa shape index (κ3) is 5.40. The number of ether oxygens (including phenoxy) is 1. The highest BCUT2D eigenvalue weighted by Crippen LogP contribution is 2.34. The molecule has 4 rings (SSSR count). The van der Waals surface area contributed by atoms with Crippen LogP contribution in [0, 0.1) is 0 Å². The van der Waals surface area contributed by atoms with Crippen LogP contribution in [-0.4, -0.2) is 34.7 Å². The third-order valence-electron chi connectivity index (χ3n) is 5.32. The Morgan fingerprint density at radius 1 is 1.15 bits per heavy atom. The van der Waals surface area contributed by atoms with Gasteiger partial charge in [0, 0.05) is 35.0 Å². The van der Waals surface area contributed by atoms with Gasteiger partial charge in [-0.05, 0) is 47.9 Å². The summed E-state index contributed by atoms with van der Waals surface area (Å²) in [4.78, 5) is 20.0. The van der Waals surface area contributed by atoms with Crippen LogP contribution in [0.15, 0.2) is 71.8 Å². The van der Waals surface area contributed by atoms with Crippen LogP contribution in [0.2, 0.25) is 0 Å². The van der Waals surface area contributed by atoms with E-state index in [0.717, 1.165) is 51.0 Å². The van der Waals surface area contributed by atoms with E-state index in [1.54, 1.807) is 24.2 Å². The standard InChI is InChI=1S/C25H26N4O4S/c1-3-12-31-23-14-18(10-11-22(23)17-6-5-9-21(13-17)34-33-32-26)25(30)29(2)16-20-8-4-7-19-15-27-28-24(19)20/h4-11,13-15H,3,12,16,26H2,1-2H3,(H,27,28). The van der Waals surface area contributed by atoms with Gasteiger partial charge in [0.1, 0.15) is 5.75 Å². The predicted molar refractivity (Wildman–Crippen MR) is 132 cm³/mol. The molecule has 3 aromatic carbocycles. The van der Waals surface area contributed by atoms with E-state index in [4.69, 9.17) is 15.0 Å². The van der Waals surface area contributed by atoms with Crippen molar-refractivity contribution in [3.8, 4) is 16.9 Å². The molecule has 0 aliphatic rings. The number of aromatic amines is 1. The third-order valence-corrected chi connectivity index (χ3v) is 5.91. The highest BCUT2D eigenvalue weighted by molar-refractivity contribution is 7.94. The fraction of sp³-hybridized carbons (Fsp3) is 0.200. The number of para-hydroxylation sites is 1. The second-order valence-corrected chi connectivity index (χ2v) is 8.52. The SMILES string of the molecule is CCCOc1cc(C(=O)N(C)Cc2cccc3cn[nH]c23)ccc1-c1cccc(SOON)c1. The Morgan fingerprint density at radius 3 is 2.82 bits per heavy atom. The molecular weight excluding hydrogens is 452 g/mol. The van der Waals surface area contributed by atoms with Crippen molar-refractivity contribution in [3.05, 3.63) is 78.0 Å². The van der Waals surface area contributed by atoms with Gasteiger partial charge in [0.05, 0.1) is 30.4 Å². The topological polar surface area (TPSA) is 103 Å². The molecule has 0 saturated carbocycles. The molecule has 0 fully saturated rings. The molecule has 3 N–H and O–H groups in total. The fourth-order valence-corrected chi connectivity index (χ4v) is 4.14. The molecule has 9 heteroatoms. The number of H-pyrrole nitrogens is 1. The quantitative estimate of drug-likeness (QED) is 0.185. The number of benzene rings is 3. The minimum absolute atomic E-state index is 0.0952. The second kappa shape index (κ2) is 11.2. The number of nitrogens with two attached hydrogens (primary N) is 1. The van der Waals surface area contributed by atoms with Crippen molar-refractivity contribution < 1.29 is 18.9 Å². The molecule has 176 valence electrons. The Morgan fingerprint density at radius 2 is 2.00 bits per heavy atom. The number of carbonyl (C=O) groups excluding carboxylic acids is 1. The number of hydrogen-bond acceptors (Lipinski definition) is 7. The Kier molecular flexibility index (Phi) is 7.81. The normalized spacial score (nSPS) is 11.0. The number of nitrogens with one attached hydrogen (secondary N) is 1. The number of hydrogen-bond donors (Lipinski definition) is 2. The average molecular weight is 479 g/mol. The van der Waals surface area contributed by atoms with Crippen LogP contribution in [0.5, 0.6) is 5.75 Å². The number of aromatic nitrogens is 2. The number of carbonyl (C=O) groups is 1. The zero-order chi connectivity index (χ0) is 23.9. The molecule has 0 aliphatic carbocycles. The van der Waals surface area contributed by atoms with Crippen molar-refractivity contribution in [3.63, 3.8) is 0 Å². The van der Waals surface area contributed by atoms with Crippen LogP contribution in [0.1, 0.15) is 29.3 Å². The monoisotopic (exact) mass is 478 g/mol. The molecule has 4 aromatic rings. The minimum atomic E-state index is -0.0952. The molecular formula is C25H26N4O4S. The Balaban J connectivity index is 1.60. The Hall–Kier alpha value is -3.37. The lowest BCUT2D eigenvalue weighted by Gasteiger charge is -2.19. The van der Waals surface area contributed by atoms with E-state index in [9.17, 15) is 4.79 Å². The van der Waals surface area contributed by atoms with Gasteiger partial charge in [-0.15, -0.1) is 9.32 Å². The molecule has 34 heavy (non-hydrogen) atoms. The first-order valence-corrected chi connectivity index (χ1v) is 11.6. The van der Waals surface area contributed by atoms with Crippen molar-refractivity contribution in [1.29, 1.82) is 0 Å². The highest BCUT2D eigenvalue weighted by atomic mass is 32.2. The first kappa shape index (κ1) is 23.8. The summed E-state index contributed by atoms with van der Waals surface area (Å²) < 4.78 is 10.8. The molecule has 0 aliphatic heterocycles. The van der Waals surface area contributed by atoms with Crippen LogP contribution in [-0.2, 0) is 15.9 Å². The van der Waals surface area contributed by atoms with Gasteiger partial charge in [-0.2, -0.15) is 11.0 Å². The molecule has 8 nitrogen and oxygen atoms in total. The summed E-state index contributed by atoms with van der Waals surface area (Å²) in [6.07, 6.45) is 2.63. The van der Waals surface area contributed by atoms with E-state index in [1.807, 2.05) is 61.5 Å². The van der Waals surface area contributed by atoms with Gasteiger partial charge >= 0.3 is 0 Å². The van der Waals surface area contributed by atoms with Crippen molar-refractivity contribution in [2.45, 2.75) is 24.8 Å². The molecule has 1 heterocycles. The maximum absolute atomic E-state index is 13.3. The summed E-state index contributed by atoms with van der Waals surface area (Å²) in [5.74, 6) is 5.49. The van der Waals surface area contributed by atoms with Crippen LogP contribution < -0.4 is 10.6 Å². The molecule has 0 atom stereocenters. The molecule has 0 radical (unpaired) electrons. The zero-order valence-corrected chi connectivity index (χ0v) is 19.8. The van der Waals surface area contributed by atoms with E-state index in [-0.39, 0.29) is 5.91 Å². The second-order valence-electron chi connectivity index (χ2n) is 7.75. The average Bonchev–Trinajstić information content (AvgIpc) is 3.36. The first-order valence-electron chi connectivity index (χ1n) is 10.8. The summed E-state index contributed by atoms with van der Waals surface area (Å²) in [5, 5.41) is 8.14. The predicted octanol–water partition coefficient (Wildman–Crippen LogP) is 5.12. The van der Waals surface area contributed by atoms with Crippen LogP contribution in [0.25, 0.3) is 22.0 Å². The molecule has 1 amide bonds. The number of fused-ring (bicyclic) bond motifs is 1. The molecule has 0 bridgehead atoms. The van der Waals surface area contributed by atoms with Gasteiger partial charge in [0.25, 0.3) is 5.91 Å². The summed E-state index contributed by atoms with van der Waals surface area (Å²) >= 11 is 1.01. The van der Waals surface area contributed by atoms with Gasteiger partial charge in [-0.25, -0.2) is 0 Å². The summed E-state index contributed by atoms with van der Waals surface area (Å²) in [5.41, 5.74) is 4.30. The van der Waals surface area contributed by atoms with Gasteiger partial charge < -0.3 is 9.64 Å². The van der Waals surface area contributed by atoms with E-state index in [2.05, 4.69) is 15.2 Å². The van der Waals surface area contributed by atoms with E-state index in [1.165, 1.54) is 0 Å². The number of rotatable bonds is 10. The summed E-state index contributed by atoms with van der Waals surface area (Å²) in [6.45, 7) is 3.04.